The second-order valence-electron chi connectivity index (χ2n) is 3.64. The summed E-state index contributed by atoms with van der Waals surface area (Å²) in [7, 11) is -3.65. The van der Waals surface area contributed by atoms with Crippen molar-refractivity contribution in [2.75, 3.05) is 11.9 Å². The zero-order valence-corrected chi connectivity index (χ0v) is 12.0. The fourth-order valence-corrected chi connectivity index (χ4v) is 3.24. The molecule has 0 saturated heterocycles. The number of pyridine rings is 1. The first-order valence-electron chi connectivity index (χ1n) is 5.70. The van der Waals surface area contributed by atoms with Crippen molar-refractivity contribution in [3.63, 3.8) is 0 Å². The summed E-state index contributed by atoms with van der Waals surface area (Å²) < 4.78 is 26.9. The van der Waals surface area contributed by atoms with Gasteiger partial charge in [-0.05, 0) is 19.1 Å². The topological polar surface area (TPSA) is 84.0 Å². The molecule has 0 unspecified atom stereocenters. The van der Waals surface area contributed by atoms with Crippen LogP contribution in [0.5, 0.6) is 0 Å². The van der Waals surface area contributed by atoms with Crippen LogP contribution in [-0.4, -0.2) is 24.9 Å². The number of rotatable bonds is 6. The van der Waals surface area contributed by atoms with Gasteiger partial charge >= 0.3 is 0 Å². The predicted octanol–water partition coefficient (Wildman–Crippen LogP) is 1.45. The van der Waals surface area contributed by atoms with E-state index in [0.29, 0.717) is 17.2 Å². The molecule has 0 aliphatic rings. The summed E-state index contributed by atoms with van der Waals surface area (Å²) in [5, 5.41) is 5.50. The van der Waals surface area contributed by atoms with Crippen LogP contribution in [-0.2, 0) is 16.6 Å². The van der Waals surface area contributed by atoms with E-state index in [2.05, 4.69) is 20.0 Å². The Morgan fingerprint density at radius 2 is 2.16 bits per heavy atom. The molecule has 0 fully saturated rings. The summed E-state index contributed by atoms with van der Waals surface area (Å²) in [6.45, 7) is 2.69. The summed E-state index contributed by atoms with van der Waals surface area (Å²) >= 11 is 1.40. The van der Waals surface area contributed by atoms with E-state index in [4.69, 9.17) is 0 Å². The van der Waals surface area contributed by atoms with Gasteiger partial charge in [0.05, 0.1) is 12.2 Å². The van der Waals surface area contributed by atoms with Gasteiger partial charge in [-0.1, -0.05) is 0 Å². The maximum absolute atomic E-state index is 12.2. The lowest BCUT2D eigenvalue weighted by Crippen LogP contribution is -2.25. The minimum atomic E-state index is -3.65. The van der Waals surface area contributed by atoms with Crippen LogP contribution in [0.4, 0.5) is 5.69 Å². The first-order chi connectivity index (χ1) is 9.13. The summed E-state index contributed by atoms with van der Waals surface area (Å²) in [4.78, 5) is 7.97. The summed E-state index contributed by atoms with van der Waals surface area (Å²) in [6.07, 6.45) is 3.10. The van der Waals surface area contributed by atoms with Gasteiger partial charge in [0, 0.05) is 24.3 Å². The zero-order chi connectivity index (χ0) is 13.7. The number of aromatic nitrogens is 2. The van der Waals surface area contributed by atoms with Crippen molar-refractivity contribution < 1.29 is 8.42 Å². The van der Waals surface area contributed by atoms with Crippen LogP contribution in [0.1, 0.15) is 11.9 Å². The first kappa shape index (κ1) is 13.9. The van der Waals surface area contributed by atoms with E-state index in [1.807, 2.05) is 6.92 Å². The smallest absolute Gasteiger partial charge is 0.260 e. The summed E-state index contributed by atoms with van der Waals surface area (Å²) in [5.41, 5.74) is 0.497. The van der Waals surface area contributed by atoms with E-state index >= 15 is 0 Å². The van der Waals surface area contributed by atoms with Gasteiger partial charge in [-0.2, -0.15) is 0 Å². The quantitative estimate of drug-likeness (QED) is 0.843. The second kappa shape index (κ2) is 6.09. The molecule has 0 radical (unpaired) electrons. The Hall–Kier alpha value is -1.51. The van der Waals surface area contributed by atoms with Gasteiger partial charge in [0.1, 0.15) is 5.01 Å². The third-order valence-corrected chi connectivity index (χ3v) is 4.43. The standard InChI is InChI=1S/C11H14N4O2S2/c1-2-12-9-4-3-5-14-11(9)19(16,17)15-8-10-13-6-7-18-10/h3-7,12,15H,2,8H2,1H3. The Morgan fingerprint density at radius 3 is 2.84 bits per heavy atom. The van der Waals surface area contributed by atoms with Gasteiger partial charge in [-0.25, -0.2) is 23.1 Å². The lowest BCUT2D eigenvalue weighted by atomic mass is 10.4. The van der Waals surface area contributed by atoms with Gasteiger partial charge in [0.25, 0.3) is 10.0 Å². The fourth-order valence-electron chi connectivity index (χ4n) is 1.50. The molecule has 2 rings (SSSR count). The maximum Gasteiger partial charge on any atom is 0.260 e. The second-order valence-corrected chi connectivity index (χ2v) is 6.30. The normalized spacial score (nSPS) is 11.4. The van der Waals surface area contributed by atoms with E-state index in [0.717, 1.165) is 0 Å². The van der Waals surface area contributed by atoms with Crippen molar-refractivity contribution in [1.29, 1.82) is 0 Å². The van der Waals surface area contributed by atoms with Gasteiger partial charge < -0.3 is 5.32 Å². The van der Waals surface area contributed by atoms with E-state index in [1.165, 1.54) is 17.5 Å². The fraction of sp³-hybridized carbons (Fsp3) is 0.273. The van der Waals surface area contributed by atoms with Crippen LogP contribution in [0, 0.1) is 0 Å². The average molecular weight is 298 g/mol. The SMILES string of the molecule is CCNc1cccnc1S(=O)(=O)NCc1nccs1. The average Bonchev–Trinajstić information content (AvgIpc) is 2.91. The number of nitrogens with zero attached hydrogens (tertiary/aromatic N) is 2. The molecule has 2 aromatic heterocycles. The van der Waals surface area contributed by atoms with Crippen molar-refractivity contribution in [2.45, 2.75) is 18.5 Å². The van der Waals surface area contributed by atoms with Crippen molar-refractivity contribution >= 4 is 27.0 Å². The molecular formula is C11H14N4O2S2. The molecule has 6 nitrogen and oxygen atoms in total. The highest BCUT2D eigenvalue weighted by atomic mass is 32.2. The van der Waals surface area contributed by atoms with Crippen molar-refractivity contribution in [1.82, 2.24) is 14.7 Å². The lowest BCUT2D eigenvalue weighted by Gasteiger charge is -2.10. The predicted molar refractivity (Wildman–Crippen MR) is 74.5 cm³/mol. The van der Waals surface area contributed by atoms with E-state index in [-0.39, 0.29) is 11.6 Å². The van der Waals surface area contributed by atoms with Crippen molar-refractivity contribution in [3.8, 4) is 0 Å². The number of anilines is 1. The van der Waals surface area contributed by atoms with E-state index < -0.39 is 10.0 Å². The van der Waals surface area contributed by atoms with E-state index in [1.54, 1.807) is 23.7 Å². The minimum Gasteiger partial charge on any atom is -0.383 e. The molecule has 0 atom stereocenters. The van der Waals surface area contributed by atoms with Crippen LogP contribution in [0.2, 0.25) is 0 Å². The van der Waals surface area contributed by atoms with Crippen LogP contribution in [0.15, 0.2) is 34.9 Å². The maximum atomic E-state index is 12.2. The highest BCUT2D eigenvalue weighted by Gasteiger charge is 2.19. The lowest BCUT2D eigenvalue weighted by molar-refractivity contribution is 0.577. The molecule has 0 aliphatic heterocycles. The first-order valence-corrected chi connectivity index (χ1v) is 8.06. The summed E-state index contributed by atoms with van der Waals surface area (Å²) in [6, 6.07) is 3.38. The van der Waals surface area contributed by atoms with Gasteiger partial charge in [-0.15, -0.1) is 11.3 Å². The Bertz CT molecular complexity index is 626. The van der Waals surface area contributed by atoms with Gasteiger partial charge in [0.15, 0.2) is 5.03 Å². The van der Waals surface area contributed by atoms with Gasteiger partial charge in [-0.3, -0.25) is 0 Å². The molecule has 0 aromatic carbocycles. The molecule has 19 heavy (non-hydrogen) atoms. The Balaban J connectivity index is 2.19. The number of thiazole rings is 1. The monoisotopic (exact) mass is 298 g/mol. The molecule has 2 aromatic rings. The molecule has 0 saturated carbocycles. The van der Waals surface area contributed by atoms with Gasteiger partial charge in [0.2, 0.25) is 0 Å². The Morgan fingerprint density at radius 1 is 1.32 bits per heavy atom. The number of nitrogens with one attached hydrogen (secondary N) is 2. The Labute approximate surface area is 116 Å². The number of hydrogen-bond donors (Lipinski definition) is 2. The zero-order valence-electron chi connectivity index (χ0n) is 10.3. The molecule has 0 spiro atoms. The number of sulfonamides is 1. The van der Waals surface area contributed by atoms with Crippen molar-refractivity contribution in [2.24, 2.45) is 0 Å². The third-order valence-electron chi connectivity index (χ3n) is 2.29. The van der Waals surface area contributed by atoms with Crippen molar-refractivity contribution in [3.05, 3.63) is 34.9 Å². The largest absolute Gasteiger partial charge is 0.383 e. The molecule has 0 amide bonds. The highest BCUT2D eigenvalue weighted by Crippen LogP contribution is 2.18. The number of hydrogen-bond acceptors (Lipinski definition) is 6. The molecular weight excluding hydrogens is 284 g/mol. The Kier molecular flexibility index (Phi) is 4.46. The summed E-state index contributed by atoms with van der Waals surface area (Å²) in [5.74, 6) is 0. The van der Waals surface area contributed by atoms with Crippen LogP contribution >= 0.6 is 11.3 Å². The molecule has 2 N–H and O–H groups in total. The highest BCUT2D eigenvalue weighted by molar-refractivity contribution is 7.89. The third kappa shape index (κ3) is 3.49. The molecule has 0 aliphatic carbocycles. The van der Waals surface area contributed by atoms with Crippen LogP contribution < -0.4 is 10.0 Å². The molecule has 0 bridgehead atoms. The van der Waals surface area contributed by atoms with Crippen LogP contribution in [0.3, 0.4) is 0 Å². The minimum absolute atomic E-state index is 0.00778. The molecule has 102 valence electrons. The molecule has 2 heterocycles. The molecule has 8 heteroatoms. The van der Waals surface area contributed by atoms with Crippen LogP contribution in [0.25, 0.3) is 0 Å². The van der Waals surface area contributed by atoms with E-state index in [9.17, 15) is 8.42 Å².